The molecule has 0 aromatic heterocycles. The molecule has 0 aromatic carbocycles. The molecule has 0 aliphatic heterocycles. The van der Waals surface area contributed by atoms with Crippen LogP contribution in [0.1, 0.15) is 71.6 Å². The Hall–Kier alpha value is 0.700. The van der Waals surface area contributed by atoms with Crippen molar-refractivity contribution in [2.45, 2.75) is 82.1 Å². The summed E-state index contributed by atoms with van der Waals surface area (Å²) in [5.41, 5.74) is 0. The monoisotopic (exact) mass is 248 g/mol. The van der Waals surface area contributed by atoms with Crippen LogP contribution in [0, 0.1) is 0 Å². The lowest BCUT2D eigenvalue weighted by Crippen LogP contribution is -2.15. The molecule has 0 fully saturated rings. The summed E-state index contributed by atoms with van der Waals surface area (Å²) >= 11 is 9.30. The summed E-state index contributed by atoms with van der Waals surface area (Å²) in [4.78, 5) is 0. The number of rotatable bonds is 10. The van der Waals surface area contributed by atoms with E-state index in [0.717, 1.165) is 0 Å². The maximum atomic E-state index is 4.65. The normalized spacial score (nSPS) is 15.2. The van der Waals surface area contributed by atoms with E-state index in [9.17, 15) is 0 Å². The Morgan fingerprint density at radius 2 is 1.07 bits per heavy atom. The Morgan fingerprint density at radius 1 is 0.667 bits per heavy atom. The van der Waals surface area contributed by atoms with Crippen LogP contribution >= 0.6 is 25.3 Å². The first-order chi connectivity index (χ1) is 7.22. The molecule has 2 unspecified atom stereocenters. The summed E-state index contributed by atoms with van der Waals surface area (Å²) in [7, 11) is 0. The van der Waals surface area contributed by atoms with Crippen LogP contribution in [-0.4, -0.2) is 10.5 Å². The second-order valence-corrected chi connectivity index (χ2v) is 5.81. The molecule has 0 aromatic rings. The van der Waals surface area contributed by atoms with Gasteiger partial charge >= 0.3 is 0 Å². The van der Waals surface area contributed by atoms with E-state index in [-0.39, 0.29) is 0 Å². The molecule has 0 saturated heterocycles. The molecule has 92 valence electrons. The van der Waals surface area contributed by atoms with E-state index in [2.05, 4.69) is 39.1 Å². The van der Waals surface area contributed by atoms with Crippen molar-refractivity contribution in [3.8, 4) is 0 Å². The van der Waals surface area contributed by atoms with Gasteiger partial charge in [0, 0.05) is 10.5 Å². The summed E-state index contributed by atoms with van der Waals surface area (Å²) in [6.45, 7) is 4.50. The molecule has 15 heavy (non-hydrogen) atoms. The highest BCUT2D eigenvalue weighted by molar-refractivity contribution is 7.85. The SMILES string of the molecule is CCCCCCC(S)C(S)CCCCC. The molecule has 2 heteroatoms. The third-order valence-electron chi connectivity index (χ3n) is 2.90. The molecule has 0 nitrogen and oxygen atoms in total. The zero-order valence-electron chi connectivity index (χ0n) is 10.4. The first kappa shape index (κ1) is 15.7. The van der Waals surface area contributed by atoms with Crippen molar-refractivity contribution in [3.63, 3.8) is 0 Å². The first-order valence-electron chi connectivity index (χ1n) is 6.58. The van der Waals surface area contributed by atoms with Crippen molar-refractivity contribution in [2.24, 2.45) is 0 Å². The Kier molecular flexibility index (Phi) is 11.7. The predicted molar refractivity (Wildman–Crippen MR) is 78.4 cm³/mol. The summed E-state index contributed by atoms with van der Waals surface area (Å²) < 4.78 is 0. The van der Waals surface area contributed by atoms with Gasteiger partial charge in [0.05, 0.1) is 0 Å². The van der Waals surface area contributed by atoms with E-state index in [1.807, 2.05) is 0 Å². The molecular formula is C13H28S2. The Labute approximate surface area is 107 Å². The minimum absolute atomic E-state index is 0.501. The van der Waals surface area contributed by atoms with Crippen molar-refractivity contribution in [1.29, 1.82) is 0 Å². The van der Waals surface area contributed by atoms with Crippen LogP contribution in [-0.2, 0) is 0 Å². The Balaban J connectivity index is 3.38. The highest BCUT2D eigenvalue weighted by Gasteiger charge is 2.12. The van der Waals surface area contributed by atoms with Gasteiger partial charge in [-0.1, -0.05) is 58.8 Å². The number of thiol groups is 2. The maximum Gasteiger partial charge on any atom is 0.0133 e. The van der Waals surface area contributed by atoms with Crippen molar-refractivity contribution in [1.82, 2.24) is 0 Å². The van der Waals surface area contributed by atoms with E-state index in [1.165, 1.54) is 57.8 Å². The van der Waals surface area contributed by atoms with E-state index < -0.39 is 0 Å². The first-order valence-corrected chi connectivity index (χ1v) is 7.61. The van der Waals surface area contributed by atoms with E-state index in [0.29, 0.717) is 10.5 Å². The molecule has 0 N–H and O–H groups in total. The fraction of sp³-hybridized carbons (Fsp3) is 1.00. The van der Waals surface area contributed by atoms with Crippen LogP contribution in [0.15, 0.2) is 0 Å². The van der Waals surface area contributed by atoms with Crippen molar-refractivity contribution in [2.75, 3.05) is 0 Å². The maximum absolute atomic E-state index is 4.65. The number of hydrogen-bond acceptors (Lipinski definition) is 2. The van der Waals surface area contributed by atoms with Gasteiger partial charge in [-0.3, -0.25) is 0 Å². The summed E-state index contributed by atoms with van der Waals surface area (Å²) in [6, 6.07) is 0. The third-order valence-corrected chi connectivity index (χ3v) is 4.37. The standard InChI is InChI=1S/C13H28S2/c1-3-5-7-9-11-13(15)12(14)10-8-6-4-2/h12-15H,3-11H2,1-2H3. The van der Waals surface area contributed by atoms with Gasteiger partial charge in [-0.25, -0.2) is 0 Å². The summed E-state index contributed by atoms with van der Waals surface area (Å²) in [6.07, 6.45) is 11.8. The van der Waals surface area contributed by atoms with E-state index in [4.69, 9.17) is 0 Å². The molecule has 0 aliphatic rings. The van der Waals surface area contributed by atoms with Gasteiger partial charge in [-0.2, -0.15) is 25.3 Å². The van der Waals surface area contributed by atoms with Gasteiger partial charge in [-0.05, 0) is 12.8 Å². The van der Waals surface area contributed by atoms with Crippen LogP contribution in [0.4, 0.5) is 0 Å². The summed E-state index contributed by atoms with van der Waals surface area (Å²) in [5, 5.41) is 1.00. The molecule has 0 spiro atoms. The molecule has 0 heterocycles. The molecule has 0 bridgehead atoms. The quantitative estimate of drug-likeness (QED) is 0.388. The minimum atomic E-state index is 0.501. The zero-order valence-corrected chi connectivity index (χ0v) is 12.2. The van der Waals surface area contributed by atoms with Gasteiger partial charge in [-0.15, -0.1) is 0 Å². The average Bonchev–Trinajstić information content (AvgIpc) is 2.24. The van der Waals surface area contributed by atoms with Crippen molar-refractivity contribution < 1.29 is 0 Å². The highest BCUT2D eigenvalue weighted by Crippen LogP contribution is 2.21. The van der Waals surface area contributed by atoms with Crippen LogP contribution < -0.4 is 0 Å². The molecule has 0 saturated carbocycles. The highest BCUT2D eigenvalue weighted by atomic mass is 32.1. The van der Waals surface area contributed by atoms with E-state index >= 15 is 0 Å². The predicted octanol–water partition coefficient (Wildman–Crippen LogP) is 5.13. The number of unbranched alkanes of at least 4 members (excludes halogenated alkanes) is 5. The minimum Gasteiger partial charge on any atom is -0.175 e. The second kappa shape index (κ2) is 11.2. The van der Waals surface area contributed by atoms with Gasteiger partial charge in [0.2, 0.25) is 0 Å². The average molecular weight is 249 g/mol. The summed E-state index contributed by atoms with van der Waals surface area (Å²) in [5.74, 6) is 0. The molecule has 0 amide bonds. The van der Waals surface area contributed by atoms with Gasteiger partial charge < -0.3 is 0 Å². The smallest absolute Gasteiger partial charge is 0.0133 e. The molecule has 2 atom stereocenters. The fourth-order valence-corrected chi connectivity index (χ4v) is 2.43. The third kappa shape index (κ3) is 9.62. The lowest BCUT2D eigenvalue weighted by Gasteiger charge is -2.18. The van der Waals surface area contributed by atoms with Crippen LogP contribution in [0.3, 0.4) is 0 Å². The fourth-order valence-electron chi connectivity index (χ4n) is 1.77. The Morgan fingerprint density at radius 3 is 1.53 bits per heavy atom. The zero-order chi connectivity index (χ0) is 11.5. The second-order valence-electron chi connectivity index (χ2n) is 4.48. The van der Waals surface area contributed by atoms with Crippen molar-refractivity contribution in [3.05, 3.63) is 0 Å². The number of hydrogen-bond donors (Lipinski definition) is 2. The van der Waals surface area contributed by atoms with Gasteiger partial charge in [0.15, 0.2) is 0 Å². The van der Waals surface area contributed by atoms with Crippen LogP contribution in [0.5, 0.6) is 0 Å². The topological polar surface area (TPSA) is 0 Å². The van der Waals surface area contributed by atoms with E-state index in [1.54, 1.807) is 0 Å². The lowest BCUT2D eigenvalue weighted by molar-refractivity contribution is 0.576. The molecule has 0 rings (SSSR count). The van der Waals surface area contributed by atoms with Crippen molar-refractivity contribution >= 4 is 25.3 Å². The lowest BCUT2D eigenvalue weighted by atomic mass is 10.0. The Bertz CT molecular complexity index is 126. The molecular weight excluding hydrogens is 220 g/mol. The van der Waals surface area contributed by atoms with Crippen LogP contribution in [0.25, 0.3) is 0 Å². The largest absolute Gasteiger partial charge is 0.175 e. The van der Waals surface area contributed by atoms with Gasteiger partial charge in [0.25, 0.3) is 0 Å². The van der Waals surface area contributed by atoms with Crippen LogP contribution in [0.2, 0.25) is 0 Å². The van der Waals surface area contributed by atoms with Gasteiger partial charge in [0.1, 0.15) is 0 Å². The molecule has 0 radical (unpaired) electrons. The molecule has 0 aliphatic carbocycles.